The van der Waals surface area contributed by atoms with Crippen LogP contribution in [0.3, 0.4) is 0 Å². The fourth-order valence-corrected chi connectivity index (χ4v) is 2.17. The van der Waals surface area contributed by atoms with E-state index < -0.39 is 0 Å². The third-order valence-corrected chi connectivity index (χ3v) is 3.14. The Morgan fingerprint density at radius 3 is 3.00 bits per heavy atom. The van der Waals surface area contributed by atoms with E-state index in [0.717, 1.165) is 0 Å². The number of rotatable bonds is 4. The summed E-state index contributed by atoms with van der Waals surface area (Å²) in [4.78, 5) is 23.4. The number of methoxy groups -OCH3 is 1. The molecule has 0 atom stereocenters. The van der Waals surface area contributed by atoms with Crippen molar-refractivity contribution < 1.29 is 9.53 Å². The van der Waals surface area contributed by atoms with Gasteiger partial charge in [0.25, 0.3) is 0 Å². The van der Waals surface area contributed by atoms with E-state index in [2.05, 4.69) is 19.7 Å². The molecule has 18 heavy (non-hydrogen) atoms. The molecule has 0 bridgehead atoms. The number of hydrogen-bond acceptors (Lipinski definition) is 8. The number of carbonyl (C=O) groups is 1. The van der Waals surface area contributed by atoms with Gasteiger partial charge in [0.05, 0.1) is 25.9 Å². The molecule has 9 heteroatoms. The molecule has 96 valence electrons. The maximum Gasteiger partial charge on any atom is 0.316 e. The van der Waals surface area contributed by atoms with Crippen LogP contribution in [0.25, 0.3) is 11.2 Å². The van der Waals surface area contributed by atoms with Crippen LogP contribution in [0.15, 0.2) is 11.4 Å². The number of hydrogen-bond donors (Lipinski definition) is 2. The first-order valence-electron chi connectivity index (χ1n) is 5.03. The van der Waals surface area contributed by atoms with Crippen LogP contribution in [0.5, 0.6) is 0 Å². The second-order valence-electron chi connectivity index (χ2n) is 3.32. The number of ether oxygens (including phenoxy) is 1. The summed E-state index contributed by atoms with van der Waals surface area (Å²) in [5, 5.41) is 0.537. The number of esters is 1. The van der Waals surface area contributed by atoms with Crippen LogP contribution in [-0.2, 0) is 16.2 Å². The van der Waals surface area contributed by atoms with E-state index >= 15 is 0 Å². The summed E-state index contributed by atoms with van der Waals surface area (Å²) in [7, 11) is 1.33. The minimum Gasteiger partial charge on any atom is -0.468 e. The molecule has 0 aliphatic rings. The van der Waals surface area contributed by atoms with Crippen molar-refractivity contribution in [3.05, 3.63) is 6.33 Å². The number of nitrogens with zero attached hydrogens (tertiary/aromatic N) is 4. The van der Waals surface area contributed by atoms with Gasteiger partial charge in [-0.15, -0.1) is 0 Å². The Balaban J connectivity index is 2.37. The van der Waals surface area contributed by atoms with Gasteiger partial charge in [0.2, 0.25) is 5.95 Å². The Labute approximate surface area is 107 Å². The number of nitrogens with two attached hydrogens (primary N) is 2. The molecule has 0 saturated heterocycles. The van der Waals surface area contributed by atoms with E-state index in [1.165, 1.54) is 18.9 Å². The van der Waals surface area contributed by atoms with Gasteiger partial charge in [-0.05, 0) is 0 Å². The number of thioether (sulfide) groups is 1. The lowest BCUT2D eigenvalue weighted by Crippen LogP contribution is -2.08. The van der Waals surface area contributed by atoms with Crippen LogP contribution in [0.4, 0.5) is 5.95 Å². The van der Waals surface area contributed by atoms with E-state index in [9.17, 15) is 4.79 Å². The quantitative estimate of drug-likeness (QED) is 0.436. The summed E-state index contributed by atoms with van der Waals surface area (Å²) in [6.07, 6.45) is 1.56. The maximum atomic E-state index is 11.1. The first kappa shape index (κ1) is 12.6. The maximum absolute atomic E-state index is 11.1. The van der Waals surface area contributed by atoms with Crippen molar-refractivity contribution in [2.24, 2.45) is 5.73 Å². The summed E-state index contributed by atoms with van der Waals surface area (Å²) in [5.41, 5.74) is 12.3. The molecule has 0 aliphatic carbocycles. The summed E-state index contributed by atoms with van der Waals surface area (Å²) >= 11 is 1.20. The highest BCUT2D eigenvalue weighted by Gasteiger charge is 2.13. The molecule has 2 heterocycles. The fourth-order valence-electron chi connectivity index (χ4n) is 1.35. The van der Waals surface area contributed by atoms with Crippen LogP contribution in [-0.4, -0.2) is 38.4 Å². The average molecular weight is 268 g/mol. The smallest absolute Gasteiger partial charge is 0.316 e. The zero-order chi connectivity index (χ0) is 13.1. The number of nitrogen functional groups attached to an aromatic ring is 1. The van der Waals surface area contributed by atoms with Crippen LogP contribution in [0.2, 0.25) is 0 Å². The van der Waals surface area contributed by atoms with Gasteiger partial charge in [-0.2, -0.15) is 4.98 Å². The van der Waals surface area contributed by atoms with Gasteiger partial charge in [0, 0.05) is 0 Å². The van der Waals surface area contributed by atoms with E-state index in [0.29, 0.717) is 16.2 Å². The lowest BCUT2D eigenvalue weighted by Gasteiger charge is -2.03. The summed E-state index contributed by atoms with van der Waals surface area (Å²) in [5.74, 6) is -0.0916. The fraction of sp³-hybridized carbons (Fsp3) is 0.333. The van der Waals surface area contributed by atoms with Gasteiger partial charge in [-0.3, -0.25) is 4.79 Å². The van der Waals surface area contributed by atoms with E-state index in [4.69, 9.17) is 11.5 Å². The van der Waals surface area contributed by atoms with Crippen LogP contribution >= 0.6 is 11.8 Å². The number of anilines is 1. The molecule has 0 saturated carbocycles. The second-order valence-corrected chi connectivity index (χ2v) is 4.28. The van der Waals surface area contributed by atoms with Gasteiger partial charge < -0.3 is 20.8 Å². The summed E-state index contributed by atoms with van der Waals surface area (Å²) in [6.45, 7) is 0.244. The zero-order valence-corrected chi connectivity index (χ0v) is 10.5. The normalized spacial score (nSPS) is 10.8. The third kappa shape index (κ3) is 2.36. The SMILES string of the molecule is COC(=O)CSc1nc(N)nc2c1ncn2CN. The van der Waals surface area contributed by atoms with Gasteiger partial charge in [0.15, 0.2) is 5.65 Å². The Morgan fingerprint density at radius 2 is 2.33 bits per heavy atom. The molecule has 0 spiro atoms. The molecular weight excluding hydrogens is 256 g/mol. The predicted octanol–water partition coefficient (Wildman–Crippen LogP) is -0.410. The van der Waals surface area contributed by atoms with Crippen LogP contribution in [0, 0.1) is 0 Å². The highest BCUT2D eigenvalue weighted by atomic mass is 32.2. The summed E-state index contributed by atoms with van der Waals surface area (Å²) < 4.78 is 6.21. The van der Waals surface area contributed by atoms with E-state index in [1.54, 1.807) is 10.9 Å². The molecule has 0 unspecified atom stereocenters. The van der Waals surface area contributed by atoms with Gasteiger partial charge in [-0.25, -0.2) is 9.97 Å². The molecular formula is C9H12N6O2S. The molecule has 4 N–H and O–H groups in total. The average Bonchev–Trinajstić information content (AvgIpc) is 2.78. The summed E-state index contributed by atoms with van der Waals surface area (Å²) in [6, 6.07) is 0. The van der Waals surface area contributed by atoms with Crippen molar-refractivity contribution >= 4 is 34.8 Å². The lowest BCUT2D eigenvalue weighted by molar-refractivity contribution is -0.137. The first-order chi connectivity index (χ1) is 8.65. The second kappa shape index (κ2) is 5.19. The molecule has 0 fully saturated rings. The zero-order valence-electron chi connectivity index (χ0n) is 9.66. The molecule has 0 aromatic carbocycles. The Morgan fingerprint density at radius 1 is 1.56 bits per heavy atom. The lowest BCUT2D eigenvalue weighted by atomic mass is 10.5. The molecule has 2 aromatic rings. The highest BCUT2D eigenvalue weighted by Crippen LogP contribution is 2.24. The van der Waals surface area contributed by atoms with Gasteiger partial charge >= 0.3 is 5.97 Å². The minimum absolute atomic E-state index is 0.116. The van der Waals surface area contributed by atoms with E-state index in [1.807, 2.05) is 0 Å². The largest absolute Gasteiger partial charge is 0.468 e. The third-order valence-electron chi connectivity index (χ3n) is 2.20. The monoisotopic (exact) mass is 268 g/mol. The number of aromatic nitrogens is 4. The molecule has 8 nitrogen and oxygen atoms in total. The van der Waals surface area contributed by atoms with Crippen molar-refractivity contribution in [1.29, 1.82) is 0 Å². The van der Waals surface area contributed by atoms with Crippen molar-refractivity contribution in [2.75, 3.05) is 18.6 Å². The Bertz CT molecular complexity index is 584. The van der Waals surface area contributed by atoms with Crippen molar-refractivity contribution in [3.8, 4) is 0 Å². The minimum atomic E-state index is -0.344. The number of imidazole rings is 1. The Hall–Kier alpha value is -1.87. The van der Waals surface area contributed by atoms with Gasteiger partial charge in [0.1, 0.15) is 10.5 Å². The molecule has 0 radical (unpaired) electrons. The number of fused-ring (bicyclic) bond motifs is 1. The molecule has 2 aromatic heterocycles. The molecule has 0 amide bonds. The molecule has 2 rings (SSSR count). The Kier molecular flexibility index (Phi) is 3.63. The van der Waals surface area contributed by atoms with Crippen LogP contribution in [0.1, 0.15) is 0 Å². The topological polar surface area (TPSA) is 122 Å². The standard InChI is InChI=1S/C9H12N6O2S/c1-17-5(16)2-18-8-6-7(13-9(11)14-8)15(3-10)4-12-6/h4H,2-3,10H2,1H3,(H2,11,13,14). The van der Waals surface area contributed by atoms with Crippen LogP contribution < -0.4 is 11.5 Å². The molecule has 0 aliphatic heterocycles. The van der Waals surface area contributed by atoms with E-state index in [-0.39, 0.29) is 24.3 Å². The van der Waals surface area contributed by atoms with Gasteiger partial charge in [-0.1, -0.05) is 11.8 Å². The first-order valence-corrected chi connectivity index (χ1v) is 6.02. The van der Waals surface area contributed by atoms with Crippen molar-refractivity contribution in [1.82, 2.24) is 19.5 Å². The van der Waals surface area contributed by atoms with Crippen molar-refractivity contribution in [2.45, 2.75) is 11.7 Å². The predicted molar refractivity (Wildman–Crippen MR) is 66.7 cm³/mol. The number of carbonyl (C=O) groups excluding carboxylic acids is 1. The highest BCUT2D eigenvalue weighted by molar-refractivity contribution is 8.00. The van der Waals surface area contributed by atoms with Crippen molar-refractivity contribution in [3.63, 3.8) is 0 Å².